The van der Waals surface area contributed by atoms with Gasteiger partial charge < -0.3 is 20.3 Å². The predicted molar refractivity (Wildman–Crippen MR) is 129 cm³/mol. The molecule has 0 saturated carbocycles. The van der Waals surface area contributed by atoms with Crippen LogP contribution in [0.1, 0.15) is 26.4 Å². The molecule has 36 heavy (non-hydrogen) atoms. The average molecular weight is 488 g/mol. The summed E-state index contributed by atoms with van der Waals surface area (Å²) in [5.74, 6) is -3.11. The van der Waals surface area contributed by atoms with E-state index in [2.05, 4.69) is 10.3 Å². The van der Waals surface area contributed by atoms with Crippen molar-refractivity contribution in [2.24, 2.45) is 0 Å². The van der Waals surface area contributed by atoms with Gasteiger partial charge in [0.2, 0.25) is 0 Å². The molecule has 182 valence electrons. The lowest BCUT2D eigenvalue weighted by molar-refractivity contribution is -0.142. The molecule has 9 heteroatoms. The summed E-state index contributed by atoms with van der Waals surface area (Å²) in [5, 5.41) is 22.1. The van der Waals surface area contributed by atoms with Crippen molar-refractivity contribution < 1.29 is 33.7 Å². The molecule has 0 aliphatic heterocycles. The number of aromatic carboxylic acids is 1. The Morgan fingerprint density at radius 2 is 1.72 bits per heavy atom. The summed E-state index contributed by atoms with van der Waals surface area (Å²) in [7, 11) is 1.19. The molecule has 8 nitrogen and oxygen atoms in total. The number of aromatic nitrogens is 1. The first-order valence-electron chi connectivity index (χ1n) is 10.9. The van der Waals surface area contributed by atoms with Gasteiger partial charge in [-0.3, -0.25) is 4.79 Å². The van der Waals surface area contributed by atoms with E-state index in [9.17, 15) is 29.0 Å². The van der Waals surface area contributed by atoms with Crippen LogP contribution in [0.15, 0.2) is 72.8 Å². The van der Waals surface area contributed by atoms with E-state index in [1.165, 1.54) is 31.4 Å². The van der Waals surface area contributed by atoms with Crippen molar-refractivity contribution in [2.45, 2.75) is 12.5 Å². The van der Waals surface area contributed by atoms with Crippen molar-refractivity contribution in [2.75, 3.05) is 7.11 Å². The molecule has 0 spiro atoms. The van der Waals surface area contributed by atoms with Gasteiger partial charge in [-0.2, -0.15) is 0 Å². The monoisotopic (exact) mass is 488 g/mol. The number of pyridine rings is 1. The van der Waals surface area contributed by atoms with E-state index >= 15 is 0 Å². The Balaban J connectivity index is 1.67. The molecule has 0 unspecified atom stereocenters. The number of benzene rings is 3. The van der Waals surface area contributed by atoms with Crippen molar-refractivity contribution in [1.29, 1.82) is 0 Å². The van der Waals surface area contributed by atoms with E-state index in [0.29, 0.717) is 16.7 Å². The number of esters is 1. The Bertz CT molecular complexity index is 1470. The maximum Gasteiger partial charge on any atom is 0.336 e. The third kappa shape index (κ3) is 5.30. The van der Waals surface area contributed by atoms with Crippen LogP contribution < -0.4 is 5.32 Å². The molecule has 1 aromatic heterocycles. The minimum absolute atomic E-state index is 0.0551. The number of carboxylic acid groups (broad SMARTS) is 1. The van der Waals surface area contributed by atoms with E-state index < -0.39 is 29.7 Å². The largest absolute Gasteiger partial charge is 0.508 e. The lowest BCUT2D eigenvalue weighted by Gasteiger charge is -2.17. The van der Waals surface area contributed by atoms with Gasteiger partial charge in [0.05, 0.1) is 18.2 Å². The van der Waals surface area contributed by atoms with E-state index in [0.717, 1.165) is 6.07 Å². The van der Waals surface area contributed by atoms with Gasteiger partial charge in [0.1, 0.15) is 23.3 Å². The van der Waals surface area contributed by atoms with Crippen molar-refractivity contribution in [3.63, 3.8) is 0 Å². The van der Waals surface area contributed by atoms with Crippen LogP contribution in [0.4, 0.5) is 4.39 Å². The highest BCUT2D eigenvalue weighted by molar-refractivity contribution is 6.07. The van der Waals surface area contributed by atoms with Gasteiger partial charge in [0.15, 0.2) is 0 Å². The number of hydrogen-bond donors (Lipinski definition) is 3. The molecule has 4 rings (SSSR count). The lowest BCUT2D eigenvalue weighted by Crippen LogP contribution is -2.43. The number of carbonyl (C=O) groups excluding carboxylic acids is 2. The molecule has 3 N–H and O–H groups in total. The van der Waals surface area contributed by atoms with Gasteiger partial charge in [0.25, 0.3) is 5.91 Å². The molecule has 1 amide bonds. The quantitative estimate of drug-likeness (QED) is 0.336. The van der Waals surface area contributed by atoms with Crippen molar-refractivity contribution >= 4 is 28.7 Å². The second-order valence-corrected chi connectivity index (χ2v) is 8.02. The number of nitrogens with one attached hydrogen (secondary N) is 1. The van der Waals surface area contributed by atoms with Crippen LogP contribution in [-0.2, 0) is 16.0 Å². The number of rotatable bonds is 7. The predicted octanol–water partition coefficient (Wildman–Crippen LogP) is 3.96. The van der Waals surface area contributed by atoms with Crippen molar-refractivity contribution in [3.8, 4) is 16.9 Å². The third-order valence-electron chi connectivity index (χ3n) is 5.60. The molecule has 0 aliphatic rings. The first-order chi connectivity index (χ1) is 17.2. The summed E-state index contributed by atoms with van der Waals surface area (Å²) in [6, 6.07) is 16.8. The Kier molecular flexibility index (Phi) is 6.91. The fraction of sp³-hybridized carbons (Fsp3) is 0.111. The highest BCUT2D eigenvalue weighted by Crippen LogP contribution is 2.27. The number of hydrogen-bond acceptors (Lipinski definition) is 6. The van der Waals surface area contributed by atoms with Crippen LogP contribution in [0.2, 0.25) is 0 Å². The molecule has 0 aliphatic carbocycles. The van der Waals surface area contributed by atoms with Crippen LogP contribution in [0.3, 0.4) is 0 Å². The summed E-state index contributed by atoms with van der Waals surface area (Å²) in [5.41, 5.74) is 1.68. The van der Waals surface area contributed by atoms with E-state index in [1.54, 1.807) is 42.5 Å². The van der Waals surface area contributed by atoms with E-state index in [1.807, 2.05) is 0 Å². The maximum absolute atomic E-state index is 13.7. The molecule has 3 aromatic carbocycles. The maximum atomic E-state index is 13.7. The Morgan fingerprint density at radius 1 is 1.00 bits per heavy atom. The Morgan fingerprint density at radius 3 is 2.39 bits per heavy atom. The van der Waals surface area contributed by atoms with Crippen LogP contribution in [0, 0.1) is 5.82 Å². The van der Waals surface area contributed by atoms with Gasteiger partial charge in [-0.05, 0) is 59.2 Å². The number of phenolic OH excluding ortho intramolecular Hbond substituents is 1. The number of nitrogens with zero attached hydrogens (tertiary/aromatic N) is 1. The fourth-order valence-corrected chi connectivity index (χ4v) is 3.80. The topological polar surface area (TPSA) is 126 Å². The van der Waals surface area contributed by atoms with E-state index in [-0.39, 0.29) is 34.3 Å². The number of fused-ring (bicyclic) bond motifs is 1. The van der Waals surface area contributed by atoms with Gasteiger partial charge in [0, 0.05) is 11.8 Å². The molecule has 1 atom stereocenters. The zero-order chi connectivity index (χ0) is 25.8. The summed E-state index contributed by atoms with van der Waals surface area (Å²) in [6.45, 7) is 0. The molecular formula is C27H21FN2O6. The van der Waals surface area contributed by atoms with Crippen molar-refractivity contribution in [3.05, 3.63) is 95.4 Å². The zero-order valence-electron chi connectivity index (χ0n) is 19.1. The fourth-order valence-electron chi connectivity index (χ4n) is 3.80. The molecule has 1 heterocycles. The normalized spacial score (nSPS) is 11.6. The first kappa shape index (κ1) is 24.3. The first-order valence-corrected chi connectivity index (χ1v) is 10.9. The second kappa shape index (κ2) is 10.2. The molecule has 0 bridgehead atoms. The van der Waals surface area contributed by atoms with Crippen LogP contribution in [-0.4, -0.2) is 46.2 Å². The number of phenols is 1. The minimum atomic E-state index is -1.28. The highest BCUT2D eigenvalue weighted by Gasteiger charge is 2.25. The number of halogens is 1. The summed E-state index contributed by atoms with van der Waals surface area (Å²) >= 11 is 0. The highest BCUT2D eigenvalue weighted by atomic mass is 19.1. The number of aromatic hydroxyl groups is 1. The molecular weight excluding hydrogens is 467 g/mol. The molecule has 4 aromatic rings. The summed E-state index contributed by atoms with van der Waals surface area (Å²) in [6.07, 6.45) is 0.0784. The smallest absolute Gasteiger partial charge is 0.336 e. The van der Waals surface area contributed by atoms with Gasteiger partial charge in [-0.1, -0.05) is 30.3 Å². The number of methoxy groups -OCH3 is 1. The zero-order valence-corrected chi connectivity index (χ0v) is 19.1. The Labute approximate surface area is 205 Å². The number of carbonyl (C=O) groups is 3. The lowest BCUT2D eigenvalue weighted by atomic mass is 10.00. The summed E-state index contributed by atoms with van der Waals surface area (Å²) < 4.78 is 18.5. The van der Waals surface area contributed by atoms with Crippen LogP contribution >= 0.6 is 0 Å². The number of amides is 1. The van der Waals surface area contributed by atoms with E-state index in [4.69, 9.17) is 4.74 Å². The SMILES string of the molecule is COC(=O)[C@H](Cc1ccc(O)cc1)NC(=O)c1cc(C(=O)O)c2cc(-c3cccc(F)c3)ccc2n1. The standard InChI is InChI=1S/C27H21FN2O6/c1-36-27(35)24(11-15-5-8-19(31)9-6-15)30-25(32)23-14-21(26(33)34)20-13-17(7-10-22(20)29-23)16-3-2-4-18(28)12-16/h2-10,12-14,24,31H,11H2,1H3,(H,30,32)(H,33,34)/t24-/m0/s1. The molecule has 0 saturated heterocycles. The second-order valence-electron chi connectivity index (χ2n) is 8.02. The van der Waals surface area contributed by atoms with Crippen LogP contribution in [0.25, 0.3) is 22.0 Å². The van der Waals surface area contributed by atoms with Crippen molar-refractivity contribution in [1.82, 2.24) is 10.3 Å². The molecule has 0 radical (unpaired) electrons. The minimum Gasteiger partial charge on any atom is -0.508 e. The third-order valence-corrected chi connectivity index (χ3v) is 5.60. The average Bonchev–Trinajstić information content (AvgIpc) is 2.87. The summed E-state index contributed by atoms with van der Waals surface area (Å²) in [4.78, 5) is 41.6. The number of carboxylic acids is 1. The number of ether oxygens (including phenoxy) is 1. The Hall–Kier alpha value is -4.79. The molecule has 0 fully saturated rings. The van der Waals surface area contributed by atoms with Gasteiger partial charge in [-0.15, -0.1) is 0 Å². The van der Waals surface area contributed by atoms with Gasteiger partial charge in [-0.25, -0.2) is 19.0 Å². The van der Waals surface area contributed by atoms with Crippen LogP contribution in [0.5, 0.6) is 5.75 Å². The van der Waals surface area contributed by atoms with Gasteiger partial charge >= 0.3 is 11.9 Å².